The Morgan fingerprint density at radius 3 is 2.65 bits per heavy atom. The number of ether oxygens (including phenoxy) is 1. The topological polar surface area (TPSA) is 75.9 Å². The number of rotatable bonds is 3. The highest BCUT2D eigenvalue weighted by atomic mass is 16.6. The van der Waals surface area contributed by atoms with Crippen LogP contribution in [0.1, 0.15) is 11.1 Å². The molecule has 2 aliphatic heterocycles. The van der Waals surface area contributed by atoms with Crippen molar-refractivity contribution in [3.63, 3.8) is 0 Å². The van der Waals surface area contributed by atoms with E-state index >= 15 is 0 Å². The largest absolute Gasteiger partial charge is 0.447 e. The van der Waals surface area contributed by atoms with Gasteiger partial charge in [-0.1, -0.05) is 42.5 Å². The molecule has 0 radical (unpaired) electrons. The van der Waals surface area contributed by atoms with Crippen LogP contribution in [0.15, 0.2) is 60.7 Å². The first kappa shape index (κ1) is 17.9. The van der Waals surface area contributed by atoms with Crippen molar-refractivity contribution in [3.8, 4) is 11.4 Å². The van der Waals surface area contributed by atoms with Crippen LogP contribution in [0, 0.1) is 0 Å². The van der Waals surface area contributed by atoms with Crippen molar-refractivity contribution in [3.05, 3.63) is 71.8 Å². The summed E-state index contributed by atoms with van der Waals surface area (Å²) in [4.78, 5) is 16.1. The number of hydrogen-bond donors (Lipinski definition) is 0. The summed E-state index contributed by atoms with van der Waals surface area (Å²) >= 11 is 0. The maximum atomic E-state index is 12.1. The molecule has 1 saturated heterocycles. The third-order valence-electron chi connectivity index (χ3n) is 5.90. The molecule has 0 unspecified atom stereocenters. The van der Waals surface area contributed by atoms with Crippen LogP contribution in [0.3, 0.4) is 0 Å². The molecule has 4 aromatic rings. The Hall–Kier alpha value is -3.94. The van der Waals surface area contributed by atoms with Gasteiger partial charge < -0.3 is 9.64 Å². The number of anilines is 2. The average molecular weight is 412 g/mol. The van der Waals surface area contributed by atoms with E-state index in [1.165, 1.54) is 11.1 Å². The molecule has 2 aliphatic rings. The van der Waals surface area contributed by atoms with Gasteiger partial charge >= 0.3 is 6.09 Å². The molecule has 2 aromatic heterocycles. The number of cyclic esters (lactones) is 1. The Labute approximate surface area is 178 Å². The van der Waals surface area contributed by atoms with Gasteiger partial charge in [0.1, 0.15) is 12.4 Å². The minimum Gasteiger partial charge on any atom is -0.447 e. The first-order valence-electron chi connectivity index (χ1n) is 10.4. The Morgan fingerprint density at radius 1 is 0.903 bits per heavy atom. The maximum absolute atomic E-state index is 12.1. The van der Waals surface area contributed by atoms with E-state index in [0.29, 0.717) is 13.2 Å². The fraction of sp³-hybridized carbons (Fsp3) is 0.217. The van der Waals surface area contributed by atoms with Crippen molar-refractivity contribution in [2.45, 2.75) is 13.0 Å². The molecule has 6 rings (SSSR count). The highest BCUT2D eigenvalue weighted by Gasteiger charge is 2.28. The van der Waals surface area contributed by atoms with Gasteiger partial charge in [0, 0.05) is 18.7 Å². The van der Waals surface area contributed by atoms with Crippen molar-refractivity contribution < 1.29 is 9.53 Å². The van der Waals surface area contributed by atoms with Crippen LogP contribution in [0.25, 0.3) is 17.0 Å². The second-order valence-electron chi connectivity index (χ2n) is 7.70. The van der Waals surface area contributed by atoms with Crippen molar-refractivity contribution >= 4 is 23.2 Å². The van der Waals surface area contributed by atoms with Crippen molar-refractivity contribution in [1.29, 1.82) is 0 Å². The Bertz CT molecular complexity index is 1290. The predicted molar refractivity (Wildman–Crippen MR) is 116 cm³/mol. The number of amides is 1. The number of hydrogen-bond acceptors (Lipinski definition) is 6. The van der Waals surface area contributed by atoms with E-state index in [-0.39, 0.29) is 6.09 Å². The van der Waals surface area contributed by atoms with Crippen molar-refractivity contribution in [1.82, 2.24) is 19.8 Å². The van der Waals surface area contributed by atoms with Crippen LogP contribution >= 0.6 is 0 Å². The molecule has 2 aromatic carbocycles. The molecule has 8 heteroatoms. The number of fused-ring (bicyclic) bond motifs is 2. The third kappa shape index (κ3) is 2.99. The molecule has 1 amide bonds. The lowest BCUT2D eigenvalue weighted by Crippen LogP contribution is -2.33. The first-order valence-corrected chi connectivity index (χ1v) is 10.4. The zero-order valence-electron chi connectivity index (χ0n) is 16.8. The fourth-order valence-electron chi connectivity index (χ4n) is 4.37. The van der Waals surface area contributed by atoms with Gasteiger partial charge in [0.25, 0.3) is 0 Å². The van der Waals surface area contributed by atoms with Gasteiger partial charge in [-0.2, -0.15) is 4.52 Å². The summed E-state index contributed by atoms with van der Waals surface area (Å²) in [6.07, 6.45) is 0.576. The van der Waals surface area contributed by atoms with Crippen LogP contribution in [-0.4, -0.2) is 45.6 Å². The highest BCUT2D eigenvalue weighted by Crippen LogP contribution is 2.32. The van der Waals surface area contributed by atoms with Gasteiger partial charge in [-0.3, -0.25) is 4.90 Å². The average Bonchev–Trinajstić information content (AvgIpc) is 3.44. The van der Waals surface area contributed by atoms with E-state index in [2.05, 4.69) is 21.2 Å². The second kappa shape index (κ2) is 7.09. The number of benzene rings is 2. The van der Waals surface area contributed by atoms with Crippen molar-refractivity contribution in [2.24, 2.45) is 0 Å². The SMILES string of the molecule is O=C1OCCN1c1cccc2c1CCN(c1ccc3nnc(-c4ccccc4)n3n1)C2. The number of carbonyl (C=O) groups excluding carboxylic acids is 1. The lowest BCUT2D eigenvalue weighted by atomic mass is 9.97. The number of carbonyl (C=O) groups is 1. The minimum absolute atomic E-state index is 0.260. The normalized spacial score (nSPS) is 15.9. The van der Waals surface area contributed by atoms with Crippen LogP contribution in [0.4, 0.5) is 16.3 Å². The summed E-state index contributed by atoms with van der Waals surface area (Å²) in [7, 11) is 0. The molecular formula is C23H20N6O2. The summed E-state index contributed by atoms with van der Waals surface area (Å²) in [5, 5.41) is 13.4. The summed E-state index contributed by atoms with van der Waals surface area (Å²) in [6.45, 7) is 2.59. The molecular weight excluding hydrogens is 392 g/mol. The van der Waals surface area contributed by atoms with Crippen LogP contribution in [0.2, 0.25) is 0 Å². The van der Waals surface area contributed by atoms with Gasteiger partial charge in [-0.25, -0.2) is 4.79 Å². The summed E-state index contributed by atoms with van der Waals surface area (Å²) < 4.78 is 6.94. The fourth-order valence-corrected chi connectivity index (χ4v) is 4.37. The summed E-state index contributed by atoms with van der Waals surface area (Å²) in [5.41, 5.74) is 5.08. The van der Waals surface area contributed by atoms with E-state index in [4.69, 9.17) is 9.84 Å². The minimum atomic E-state index is -0.260. The van der Waals surface area contributed by atoms with E-state index in [0.717, 1.165) is 48.1 Å². The monoisotopic (exact) mass is 412 g/mol. The standard InChI is InChI=1S/C23H20N6O2/c30-23-28(13-14-31-23)19-8-4-7-17-15-27(12-11-18(17)19)21-10-9-20-24-25-22(29(20)26-21)16-5-2-1-3-6-16/h1-10H,11-15H2. The third-order valence-corrected chi connectivity index (χ3v) is 5.90. The van der Waals surface area contributed by atoms with E-state index < -0.39 is 0 Å². The zero-order chi connectivity index (χ0) is 20.8. The molecule has 1 fully saturated rings. The Balaban J connectivity index is 1.34. The molecule has 0 saturated carbocycles. The van der Waals surface area contributed by atoms with Crippen LogP contribution in [0.5, 0.6) is 0 Å². The molecule has 0 atom stereocenters. The van der Waals surface area contributed by atoms with Gasteiger partial charge in [-0.15, -0.1) is 15.3 Å². The molecule has 0 spiro atoms. The van der Waals surface area contributed by atoms with Crippen LogP contribution in [-0.2, 0) is 17.7 Å². The Kier molecular flexibility index (Phi) is 4.09. The van der Waals surface area contributed by atoms with Crippen LogP contribution < -0.4 is 9.80 Å². The molecule has 8 nitrogen and oxygen atoms in total. The van der Waals surface area contributed by atoms with E-state index in [9.17, 15) is 4.79 Å². The zero-order valence-corrected chi connectivity index (χ0v) is 16.8. The van der Waals surface area contributed by atoms with E-state index in [1.807, 2.05) is 54.6 Å². The molecule has 4 heterocycles. The van der Waals surface area contributed by atoms with Gasteiger partial charge in [0.15, 0.2) is 11.5 Å². The summed E-state index contributed by atoms with van der Waals surface area (Å²) in [6, 6.07) is 20.0. The van der Waals surface area contributed by atoms with Gasteiger partial charge in [0.2, 0.25) is 0 Å². The molecule has 154 valence electrons. The first-order chi connectivity index (χ1) is 15.3. The summed E-state index contributed by atoms with van der Waals surface area (Å²) in [5.74, 6) is 1.60. The predicted octanol–water partition coefficient (Wildman–Crippen LogP) is 3.31. The Morgan fingerprint density at radius 2 is 1.81 bits per heavy atom. The second-order valence-corrected chi connectivity index (χ2v) is 7.70. The highest BCUT2D eigenvalue weighted by molar-refractivity contribution is 5.90. The van der Waals surface area contributed by atoms with Gasteiger partial charge in [0.05, 0.1) is 12.2 Å². The molecule has 0 aliphatic carbocycles. The van der Waals surface area contributed by atoms with Gasteiger partial charge in [-0.05, 0) is 35.7 Å². The maximum Gasteiger partial charge on any atom is 0.414 e. The smallest absolute Gasteiger partial charge is 0.414 e. The molecule has 0 N–H and O–H groups in total. The lowest BCUT2D eigenvalue weighted by molar-refractivity contribution is 0.181. The number of nitrogens with zero attached hydrogens (tertiary/aromatic N) is 6. The molecule has 31 heavy (non-hydrogen) atoms. The van der Waals surface area contributed by atoms with E-state index in [1.54, 1.807) is 9.42 Å². The quantitative estimate of drug-likeness (QED) is 0.514. The lowest BCUT2D eigenvalue weighted by Gasteiger charge is -2.32. The van der Waals surface area contributed by atoms with Crippen molar-refractivity contribution in [2.75, 3.05) is 29.5 Å². The molecule has 0 bridgehead atoms. The number of aromatic nitrogens is 4.